The van der Waals surface area contributed by atoms with E-state index in [4.69, 9.17) is 5.10 Å². The number of fused-ring (bicyclic) bond motifs is 5. The minimum absolute atomic E-state index is 0.0782. The molecule has 0 radical (unpaired) electrons. The molecule has 2 aliphatic heterocycles. The lowest BCUT2D eigenvalue weighted by molar-refractivity contribution is 0.0383. The number of aromatic nitrogens is 4. The van der Waals surface area contributed by atoms with Gasteiger partial charge in [0.25, 0.3) is 5.91 Å². The van der Waals surface area contributed by atoms with Crippen molar-refractivity contribution in [3.63, 3.8) is 0 Å². The van der Waals surface area contributed by atoms with Crippen molar-refractivity contribution in [3.8, 4) is 11.3 Å². The van der Waals surface area contributed by atoms with Crippen LogP contribution in [0.2, 0.25) is 0 Å². The Balaban J connectivity index is 1.46. The highest BCUT2D eigenvalue weighted by atomic mass is 19.2. The van der Waals surface area contributed by atoms with Crippen LogP contribution in [0, 0.1) is 17.5 Å². The van der Waals surface area contributed by atoms with Crippen LogP contribution in [0.25, 0.3) is 22.2 Å². The normalized spacial score (nSPS) is 19.5. The Kier molecular flexibility index (Phi) is 4.59. The number of halogens is 3. The number of amides is 1. The van der Waals surface area contributed by atoms with E-state index in [-0.39, 0.29) is 23.6 Å². The average molecular weight is 465 g/mol. The fourth-order valence-corrected chi connectivity index (χ4v) is 5.73. The maximum Gasteiger partial charge on any atom is 0.273 e. The third-order valence-corrected chi connectivity index (χ3v) is 7.11. The van der Waals surface area contributed by atoms with Gasteiger partial charge in [-0.25, -0.2) is 13.2 Å². The number of carbonyl (C=O) groups is 1. The minimum Gasteiger partial charge on any atom is -0.325 e. The summed E-state index contributed by atoms with van der Waals surface area (Å²) in [5, 5.41) is 9.99. The molecule has 1 amide bonds. The average Bonchev–Trinajstić information content (AvgIpc) is 3.31. The van der Waals surface area contributed by atoms with Gasteiger partial charge < -0.3 is 4.90 Å². The summed E-state index contributed by atoms with van der Waals surface area (Å²) in [6.07, 6.45) is 3.03. The van der Waals surface area contributed by atoms with Crippen LogP contribution < -0.4 is 0 Å². The van der Waals surface area contributed by atoms with Crippen LogP contribution in [0.15, 0.2) is 36.4 Å². The summed E-state index contributed by atoms with van der Waals surface area (Å²) in [4.78, 5) is 15.8. The number of aryl methyl sites for hydroxylation is 2. The molecule has 4 heterocycles. The maximum atomic E-state index is 14.0. The highest BCUT2D eigenvalue weighted by molar-refractivity contribution is 6.05. The van der Waals surface area contributed by atoms with E-state index in [2.05, 4.69) is 5.10 Å². The molecule has 0 spiro atoms. The molecule has 2 aromatic heterocycles. The summed E-state index contributed by atoms with van der Waals surface area (Å²) >= 11 is 0. The minimum atomic E-state index is -1.49. The van der Waals surface area contributed by atoms with Crippen LogP contribution in [0.3, 0.4) is 0 Å². The Bertz CT molecular complexity index is 1450. The second-order valence-corrected chi connectivity index (χ2v) is 9.10. The summed E-state index contributed by atoms with van der Waals surface area (Å²) in [5.74, 6) is -4.05. The number of piperidine rings is 1. The van der Waals surface area contributed by atoms with Crippen molar-refractivity contribution in [2.45, 2.75) is 37.8 Å². The second-order valence-electron chi connectivity index (χ2n) is 9.10. The monoisotopic (exact) mass is 465 g/mol. The first-order valence-electron chi connectivity index (χ1n) is 11.3. The van der Waals surface area contributed by atoms with Crippen molar-refractivity contribution in [1.82, 2.24) is 24.5 Å². The van der Waals surface area contributed by atoms with Gasteiger partial charge in [-0.15, -0.1) is 0 Å². The van der Waals surface area contributed by atoms with Crippen molar-refractivity contribution < 1.29 is 18.0 Å². The Hall–Kier alpha value is -3.62. The number of carbonyl (C=O) groups excluding carboxylic acids is 1. The highest BCUT2D eigenvalue weighted by Gasteiger charge is 2.44. The van der Waals surface area contributed by atoms with Crippen molar-refractivity contribution in [1.29, 1.82) is 0 Å². The summed E-state index contributed by atoms with van der Waals surface area (Å²) in [6.45, 7) is 0. The molecule has 0 saturated carbocycles. The van der Waals surface area contributed by atoms with E-state index < -0.39 is 17.5 Å². The summed E-state index contributed by atoms with van der Waals surface area (Å²) in [6, 6.07) is 9.24. The van der Waals surface area contributed by atoms with Gasteiger partial charge in [-0.3, -0.25) is 14.2 Å². The zero-order valence-corrected chi connectivity index (χ0v) is 18.7. The molecular weight excluding hydrogens is 443 g/mol. The SMILES string of the molecule is Cn1nc2c(c1-c1cc(F)c(F)c(F)c1)CC1CCCC2N1C(=O)c1c2ccccc2nn1C. The second kappa shape index (κ2) is 7.44. The van der Waals surface area contributed by atoms with Crippen molar-refractivity contribution in [2.24, 2.45) is 14.1 Å². The number of nitrogens with zero attached hydrogens (tertiary/aromatic N) is 5. The molecule has 2 unspecified atom stereocenters. The van der Waals surface area contributed by atoms with Gasteiger partial charge in [0.05, 0.1) is 22.9 Å². The van der Waals surface area contributed by atoms with Gasteiger partial charge in [0, 0.05) is 36.7 Å². The van der Waals surface area contributed by atoms with Gasteiger partial charge in [0.15, 0.2) is 17.5 Å². The fraction of sp³-hybridized carbons (Fsp3) is 0.320. The zero-order valence-electron chi connectivity index (χ0n) is 18.7. The highest BCUT2D eigenvalue weighted by Crippen LogP contribution is 2.45. The maximum absolute atomic E-state index is 14.0. The van der Waals surface area contributed by atoms with Gasteiger partial charge in [-0.1, -0.05) is 18.2 Å². The first-order valence-corrected chi connectivity index (χ1v) is 11.3. The Morgan fingerprint density at radius 2 is 1.74 bits per heavy atom. The molecule has 9 heteroatoms. The van der Waals surface area contributed by atoms with Gasteiger partial charge in [-0.2, -0.15) is 10.2 Å². The molecule has 0 N–H and O–H groups in total. The number of hydrogen-bond donors (Lipinski definition) is 0. The van der Waals surface area contributed by atoms with Gasteiger partial charge in [-0.05, 0) is 43.9 Å². The summed E-state index contributed by atoms with van der Waals surface area (Å²) in [7, 11) is 3.48. The molecule has 6 rings (SSSR count). The summed E-state index contributed by atoms with van der Waals surface area (Å²) < 4.78 is 44.8. The van der Waals surface area contributed by atoms with E-state index in [1.54, 1.807) is 23.5 Å². The van der Waals surface area contributed by atoms with Crippen molar-refractivity contribution >= 4 is 16.8 Å². The molecule has 4 aromatic rings. The lowest BCUT2D eigenvalue weighted by atomic mass is 9.81. The van der Waals surface area contributed by atoms with Crippen LogP contribution >= 0.6 is 0 Å². The topological polar surface area (TPSA) is 56.0 Å². The molecule has 0 aliphatic carbocycles. The van der Waals surface area contributed by atoms with Gasteiger partial charge >= 0.3 is 0 Å². The van der Waals surface area contributed by atoms with Crippen LogP contribution in [0.1, 0.15) is 47.1 Å². The van der Waals surface area contributed by atoms with Gasteiger partial charge in [0.2, 0.25) is 0 Å². The van der Waals surface area contributed by atoms with E-state index in [1.807, 2.05) is 29.2 Å². The molecule has 2 aliphatic rings. The molecule has 1 saturated heterocycles. The molecule has 34 heavy (non-hydrogen) atoms. The van der Waals surface area contributed by atoms with Crippen molar-refractivity contribution in [3.05, 3.63) is 70.8 Å². The molecule has 174 valence electrons. The molecule has 2 aromatic carbocycles. The van der Waals surface area contributed by atoms with E-state index >= 15 is 0 Å². The zero-order chi connectivity index (χ0) is 23.7. The first-order chi connectivity index (χ1) is 16.3. The number of hydrogen-bond acceptors (Lipinski definition) is 3. The van der Waals surface area contributed by atoms with Crippen molar-refractivity contribution in [2.75, 3.05) is 0 Å². The first kappa shape index (κ1) is 20.9. The van der Waals surface area contributed by atoms with Crippen LogP contribution in [0.5, 0.6) is 0 Å². The molecule has 2 atom stereocenters. The Morgan fingerprint density at radius 1 is 1.00 bits per heavy atom. The quantitative estimate of drug-likeness (QED) is 0.404. The van der Waals surface area contributed by atoms with Gasteiger partial charge in [0.1, 0.15) is 5.69 Å². The Labute approximate surface area is 193 Å². The van der Waals surface area contributed by atoms with E-state index in [9.17, 15) is 18.0 Å². The number of rotatable bonds is 2. The number of benzene rings is 2. The molecule has 1 fully saturated rings. The molecular formula is C25H22F3N5O. The smallest absolute Gasteiger partial charge is 0.273 e. The molecule has 6 nitrogen and oxygen atoms in total. The van der Waals surface area contributed by atoms with Crippen LogP contribution in [-0.2, 0) is 20.5 Å². The molecule has 2 bridgehead atoms. The third-order valence-electron chi connectivity index (χ3n) is 7.11. The summed E-state index contributed by atoms with van der Waals surface area (Å²) in [5.41, 5.74) is 3.69. The Morgan fingerprint density at radius 3 is 2.50 bits per heavy atom. The largest absolute Gasteiger partial charge is 0.325 e. The third kappa shape index (κ3) is 2.92. The van der Waals surface area contributed by atoms with Crippen LogP contribution in [-0.4, -0.2) is 36.4 Å². The predicted molar refractivity (Wildman–Crippen MR) is 119 cm³/mol. The van der Waals surface area contributed by atoms with E-state index in [0.717, 1.165) is 53.6 Å². The van der Waals surface area contributed by atoms with Crippen LogP contribution in [0.4, 0.5) is 13.2 Å². The fourth-order valence-electron chi connectivity index (χ4n) is 5.73. The van der Waals surface area contributed by atoms with E-state index in [1.165, 1.54) is 0 Å². The lowest BCUT2D eigenvalue weighted by Crippen LogP contribution is -2.50. The lowest BCUT2D eigenvalue weighted by Gasteiger charge is -2.45. The van der Waals surface area contributed by atoms with E-state index in [0.29, 0.717) is 17.8 Å². The standard InChI is InChI=1S/C25H22F3N5O/c1-31-23(13-10-17(26)21(28)18(27)11-13)16-12-14-6-5-9-20(22(16)30-31)33(14)25(34)24-15-7-3-4-8-19(15)29-32(24)2/h3-4,7-8,10-11,14,20H,5-6,9,12H2,1-2H3. The predicted octanol–water partition coefficient (Wildman–Crippen LogP) is 4.68.